The number of nitrogens with zero attached hydrogens (tertiary/aromatic N) is 1. The Labute approximate surface area is 97.0 Å². The molecule has 1 aromatic carbocycles. The zero-order valence-electron chi connectivity index (χ0n) is 8.87. The average molecular weight is 237 g/mol. The molecule has 1 aliphatic heterocycles. The Kier molecular flexibility index (Phi) is 2.86. The van der Waals surface area contributed by atoms with Gasteiger partial charge in [0.2, 0.25) is 0 Å². The van der Waals surface area contributed by atoms with E-state index < -0.39 is 18.2 Å². The smallest absolute Gasteiger partial charge is 0.411 e. The molecule has 0 saturated carbocycles. The third-order valence-corrected chi connectivity index (χ3v) is 2.46. The van der Waals surface area contributed by atoms with Crippen molar-refractivity contribution in [2.24, 2.45) is 0 Å². The summed E-state index contributed by atoms with van der Waals surface area (Å²) in [7, 11) is 0. The molecule has 2 N–H and O–H groups in total. The van der Waals surface area contributed by atoms with Crippen molar-refractivity contribution in [1.29, 1.82) is 0 Å². The van der Waals surface area contributed by atoms with Crippen molar-refractivity contribution >= 4 is 12.1 Å². The molecule has 0 bridgehead atoms. The van der Waals surface area contributed by atoms with E-state index in [-0.39, 0.29) is 18.8 Å². The van der Waals surface area contributed by atoms with Crippen LogP contribution in [0.15, 0.2) is 24.3 Å². The lowest BCUT2D eigenvalue weighted by molar-refractivity contribution is -0.137. The molecule has 0 aromatic heterocycles. The number of phenolic OH excluding ortho intramolecular Hbond substituents is 1. The second-order valence-corrected chi connectivity index (χ2v) is 3.74. The first-order valence-corrected chi connectivity index (χ1v) is 5.02. The van der Waals surface area contributed by atoms with E-state index in [1.54, 1.807) is 12.1 Å². The number of phenols is 1. The van der Waals surface area contributed by atoms with Gasteiger partial charge in [-0.2, -0.15) is 0 Å². The van der Waals surface area contributed by atoms with Crippen LogP contribution in [-0.2, 0) is 9.53 Å². The van der Waals surface area contributed by atoms with Gasteiger partial charge in [-0.05, 0) is 17.7 Å². The minimum atomic E-state index is -1.08. The molecule has 0 aliphatic carbocycles. The number of aliphatic carboxylic acids is 1. The fourth-order valence-electron chi connectivity index (χ4n) is 1.70. The van der Waals surface area contributed by atoms with Crippen molar-refractivity contribution in [1.82, 2.24) is 4.90 Å². The Morgan fingerprint density at radius 3 is 2.94 bits per heavy atom. The fraction of sp³-hybridized carbons (Fsp3) is 0.273. The van der Waals surface area contributed by atoms with E-state index in [9.17, 15) is 14.7 Å². The predicted molar refractivity (Wildman–Crippen MR) is 56.5 cm³/mol. The number of hydrogen-bond donors (Lipinski definition) is 2. The molecular weight excluding hydrogens is 226 g/mol. The highest BCUT2D eigenvalue weighted by Crippen LogP contribution is 2.27. The maximum absolute atomic E-state index is 11.4. The van der Waals surface area contributed by atoms with Crippen molar-refractivity contribution < 1.29 is 24.5 Å². The van der Waals surface area contributed by atoms with Gasteiger partial charge in [0.25, 0.3) is 0 Å². The highest BCUT2D eigenvalue weighted by molar-refractivity contribution is 5.78. The van der Waals surface area contributed by atoms with Gasteiger partial charge in [-0.15, -0.1) is 0 Å². The van der Waals surface area contributed by atoms with Crippen molar-refractivity contribution in [2.45, 2.75) is 6.10 Å². The van der Waals surface area contributed by atoms with E-state index in [0.29, 0.717) is 5.56 Å². The number of ether oxygens (including phenoxy) is 1. The normalized spacial score (nSPS) is 19.2. The molecule has 6 nitrogen and oxygen atoms in total. The fourth-order valence-corrected chi connectivity index (χ4v) is 1.70. The zero-order valence-corrected chi connectivity index (χ0v) is 8.87. The molecule has 1 fully saturated rings. The molecule has 1 heterocycles. The second-order valence-electron chi connectivity index (χ2n) is 3.74. The van der Waals surface area contributed by atoms with Crippen molar-refractivity contribution in [3.05, 3.63) is 29.8 Å². The number of hydrogen-bond acceptors (Lipinski definition) is 4. The first-order valence-electron chi connectivity index (χ1n) is 5.02. The third kappa shape index (κ3) is 2.47. The number of cyclic esters (lactones) is 1. The summed E-state index contributed by atoms with van der Waals surface area (Å²) in [6.45, 7) is -0.206. The van der Waals surface area contributed by atoms with Crippen LogP contribution in [0.5, 0.6) is 5.75 Å². The van der Waals surface area contributed by atoms with E-state index in [0.717, 1.165) is 4.90 Å². The van der Waals surface area contributed by atoms with E-state index in [1.807, 2.05) is 0 Å². The number of carboxylic acid groups (broad SMARTS) is 1. The number of rotatable bonds is 3. The molecule has 0 radical (unpaired) electrons. The Bertz CT molecular complexity index is 459. The lowest BCUT2D eigenvalue weighted by Crippen LogP contribution is -2.30. The number of benzene rings is 1. The minimum Gasteiger partial charge on any atom is -0.508 e. The highest BCUT2D eigenvalue weighted by atomic mass is 16.6. The van der Waals surface area contributed by atoms with Gasteiger partial charge in [0, 0.05) is 0 Å². The van der Waals surface area contributed by atoms with Gasteiger partial charge >= 0.3 is 12.1 Å². The van der Waals surface area contributed by atoms with E-state index >= 15 is 0 Å². The van der Waals surface area contributed by atoms with Crippen LogP contribution in [0.1, 0.15) is 11.7 Å². The Balaban J connectivity index is 2.11. The van der Waals surface area contributed by atoms with Crippen LogP contribution in [0.3, 0.4) is 0 Å². The Morgan fingerprint density at radius 2 is 2.29 bits per heavy atom. The van der Waals surface area contributed by atoms with Gasteiger partial charge in [-0.25, -0.2) is 4.79 Å². The molecule has 6 heteroatoms. The van der Waals surface area contributed by atoms with Crippen molar-refractivity contribution in [2.75, 3.05) is 13.1 Å². The summed E-state index contributed by atoms with van der Waals surface area (Å²) >= 11 is 0. The maximum atomic E-state index is 11.4. The van der Waals surface area contributed by atoms with Gasteiger partial charge in [0.1, 0.15) is 18.4 Å². The number of aromatic hydroxyl groups is 1. The number of carboxylic acids is 1. The topological polar surface area (TPSA) is 87.1 Å². The van der Waals surface area contributed by atoms with E-state index in [1.165, 1.54) is 12.1 Å². The first-order chi connectivity index (χ1) is 8.06. The Morgan fingerprint density at radius 1 is 1.53 bits per heavy atom. The van der Waals surface area contributed by atoms with Crippen LogP contribution in [-0.4, -0.2) is 40.3 Å². The molecule has 1 aliphatic rings. The average Bonchev–Trinajstić information content (AvgIpc) is 2.59. The number of amides is 1. The van der Waals surface area contributed by atoms with Crippen LogP contribution in [0.25, 0.3) is 0 Å². The summed E-state index contributed by atoms with van der Waals surface area (Å²) in [4.78, 5) is 23.0. The van der Waals surface area contributed by atoms with E-state index in [4.69, 9.17) is 9.84 Å². The minimum absolute atomic E-state index is 0.0789. The largest absolute Gasteiger partial charge is 0.508 e. The highest BCUT2D eigenvalue weighted by Gasteiger charge is 2.33. The summed E-state index contributed by atoms with van der Waals surface area (Å²) in [5.41, 5.74) is 0.645. The van der Waals surface area contributed by atoms with Crippen LogP contribution in [0, 0.1) is 0 Å². The third-order valence-electron chi connectivity index (χ3n) is 2.46. The monoisotopic (exact) mass is 237 g/mol. The van der Waals surface area contributed by atoms with Gasteiger partial charge < -0.3 is 14.9 Å². The molecule has 1 atom stereocenters. The molecule has 17 heavy (non-hydrogen) atoms. The Hall–Kier alpha value is -2.24. The number of carbonyl (C=O) groups excluding carboxylic acids is 1. The molecule has 0 spiro atoms. The van der Waals surface area contributed by atoms with E-state index in [2.05, 4.69) is 0 Å². The lowest BCUT2D eigenvalue weighted by Gasteiger charge is -2.09. The maximum Gasteiger partial charge on any atom is 0.411 e. The summed E-state index contributed by atoms with van der Waals surface area (Å²) < 4.78 is 5.03. The molecule has 1 saturated heterocycles. The van der Waals surface area contributed by atoms with Gasteiger partial charge in [0.05, 0.1) is 6.54 Å². The standard InChI is InChI=1S/C11H11NO5/c13-8-3-1-2-7(4-8)9-5-12(6-10(14)15)11(16)17-9/h1-4,9,13H,5-6H2,(H,14,15). The van der Waals surface area contributed by atoms with Crippen molar-refractivity contribution in [3.63, 3.8) is 0 Å². The molecule has 1 unspecified atom stereocenters. The van der Waals surface area contributed by atoms with Gasteiger partial charge in [0.15, 0.2) is 0 Å². The SMILES string of the molecule is O=C(O)CN1CC(c2cccc(O)c2)OC1=O. The molecular formula is C11H11NO5. The molecule has 90 valence electrons. The number of carbonyl (C=O) groups is 2. The molecule has 1 aromatic rings. The summed E-state index contributed by atoms with van der Waals surface area (Å²) in [5.74, 6) is -1.01. The van der Waals surface area contributed by atoms with Gasteiger partial charge in [-0.1, -0.05) is 12.1 Å². The second kappa shape index (κ2) is 4.32. The predicted octanol–water partition coefficient (Wildman–Crippen LogP) is 0.970. The summed E-state index contributed by atoms with van der Waals surface area (Å²) in [6, 6.07) is 6.35. The van der Waals surface area contributed by atoms with Crippen LogP contribution in [0.4, 0.5) is 4.79 Å². The van der Waals surface area contributed by atoms with Crippen LogP contribution in [0.2, 0.25) is 0 Å². The van der Waals surface area contributed by atoms with Crippen LogP contribution < -0.4 is 0 Å². The zero-order chi connectivity index (χ0) is 12.4. The molecule has 1 amide bonds. The summed E-state index contributed by atoms with van der Waals surface area (Å²) in [5, 5.41) is 17.9. The molecule has 2 rings (SSSR count). The summed E-state index contributed by atoms with van der Waals surface area (Å²) in [6.07, 6.45) is -1.19. The van der Waals surface area contributed by atoms with Crippen LogP contribution >= 0.6 is 0 Å². The first kappa shape index (κ1) is 11.3. The quantitative estimate of drug-likeness (QED) is 0.817. The van der Waals surface area contributed by atoms with Gasteiger partial charge in [-0.3, -0.25) is 9.69 Å². The lowest BCUT2D eigenvalue weighted by atomic mass is 10.1. The van der Waals surface area contributed by atoms with Crippen molar-refractivity contribution in [3.8, 4) is 5.75 Å².